The molecule has 0 saturated carbocycles. The summed E-state index contributed by atoms with van der Waals surface area (Å²) in [5.74, 6) is 0. The summed E-state index contributed by atoms with van der Waals surface area (Å²) in [5.41, 5.74) is 20.8. The van der Waals surface area contributed by atoms with Crippen LogP contribution in [-0.4, -0.2) is 39.3 Å². The Hall–Kier alpha value is -12.9. The number of hydrogen-bond donors (Lipinski definition) is 3. The molecule has 18 aromatic carbocycles. The van der Waals surface area contributed by atoms with E-state index in [0.29, 0.717) is 0 Å². The molecule has 0 bridgehead atoms. The summed E-state index contributed by atoms with van der Waals surface area (Å²) in [6.45, 7) is 0. The van der Waals surface area contributed by atoms with Gasteiger partial charge in [0.15, 0.2) is 0 Å². The summed E-state index contributed by atoms with van der Waals surface area (Å²) in [4.78, 5) is 37.9. The molecule has 0 spiro atoms. The van der Waals surface area contributed by atoms with Crippen LogP contribution in [0.2, 0.25) is 0 Å². The van der Waals surface area contributed by atoms with E-state index < -0.39 is 25.0 Å². The molecule has 0 fully saturated rings. The minimum Gasteiger partial charge on any atom is -0.421 e. The Balaban J connectivity index is 0.000000135. The second-order valence-electron chi connectivity index (χ2n) is 28.6. The molecule has 0 amide bonds. The minimum absolute atomic E-state index is 0. The van der Waals surface area contributed by atoms with Gasteiger partial charge >= 0.3 is 0 Å². The summed E-state index contributed by atoms with van der Waals surface area (Å²) >= 11 is 0. The maximum atomic E-state index is 12.6. The standard InChI is InChI=1S/3C36H28OSi.V/c3*37-38(34-22-16-31(17-23-34)28-10-4-1-5-11-28,35-24-18-32(19-25-35)29-12-6-2-7-13-29)36-26-20-33(21-27-36)30-14-8-3-9-15-30;/h3*1-27,37H;. The molecule has 18 rings (SSSR count). The SMILES string of the molecule is O[Si](c1ccc(-c2ccccc2)cc1)(c1ccc(-c2ccccc2)cc1)c1ccc(-c2ccccc2)cc1.O[Si](c1ccc(-c2ccccc2)cc1)(c1ccc(-c2ccccc2)cc1)c1ccc(-c2ccccc2)cc1.O[Si](c1ccc(-c2ccccc2)cc1)(c1ccc(-c2ccccc2)cc1)c1ccc(-c2ccccc2)cc1.[V]. The van der Waals surface area contributed by atoms with Gasteiger partial charge < -0.3 is 14.4 Å². The van der Waals surface area contributed by atoms with E-state index in [1.165, 1.54) is 50.1 Å². The fourth-order valence-corrected chi connectivity index (χ4v) is 24.2. The van der Waals surface area contributed by atoms with Crippen LogP contribution < -0.4 is 46.7 Å². The van der Waals surface area contributed by atoms with Gasteiger partial charge in [0.05, 0.1) is 0 Å². The molecule has 0 atom stereocenters. The van der Waals surface area contributed by atoms with Crippen LogP contribution in [0.15, 0.2) is 491 Å². The molecule has 7 heteroatoms. The van der Waals surface area contributed by atoms with Gasteiger partial charge in [-0.3, -0.25) is 0 Å². The first-order chi connectivity index (χ1) is 56.1. The minimum atomic E-state index is -3.25. The largest absolute Gasteiger partial charge is 0.421 e. The van der Waals surface area contributed by atoms with E-state index in [9.17, 15) is 14.4 Å². The maximum absolute atomic E-state index is 12.6. The van der Waals surface area contributed by atoms with Gasteiger partial charge in [-0.25, -0.2) is 0 Å². The molecule has 18 aromatic rings. The van der Waals surface area contributed by atoms with E-state index in [2.05, 4.69) is 437 Å². The number of rotatable bonds is 18. The monoisotopic (exact) mass is 1560 g/mol. The molecule has 0 aliphatic rings. The molecule has 3 nitrogen and oxygen atoms in total. The maximum Gasteiger partial charge on any atom is 0.285 e. The van der Waals surface area contributed by atoms with E-state index in [1.807, 2.05) is 54.6 Å². The fourth-order valence-electron chi connectivity index (χ4n) is 15.3. The third-order valence-electron chi connectivity index (χ3n) is 21.7. The average Bonchev–Trinajstić information content (AvgIpc) is 0.768. The van der Waals surface area contributed by atoms with E-state index in [-0.39, 0.29) is 18.6 Å². The van der Waals surface area contributed by atoms with Crippen LogP contribution in [0.25, 0.3) is 100 Å². The fraction of sp³-hybridized carbons (Fsp3) is 0. The van der Waals surface area contributed by atoms with Gasteiger partial charge in [0.1, 0.15) is 0 Å². The molecule has 115 heavy (non-hydrogen) atoms. The summed E-state index contributed by atoms with van der Waals surface area (Å²) in [6, 6.07) is 169. The van der Waals surface area contributed by atoms with Crippen molar-refractivity contribution in [1.29, 1.82) is 0 Å². The molecule has 0 unspecified atom stereocenters. The molecule has 551 valence electrons. The van der Waals surface area contributed by atoms with Gasteiger partial charge in [0, 0.05) is 18.6 Å². The summed E-state index contributed by atoms with van der Waals surface area (Å²) in [6.07, 6.45) is 0. The Morgan fingerprint density at radius 1 is 0.0957 bits per heavy atom. The number of benzene rings is 18. The molecule has 0 aliphatic heterocycles. The van der Waals surface area contributed by atoms with Crippen LogP contribution in [0.1, 0.15) is 0 Å². The smallest absolute Gasteiger partial charge is 0.285 e. The van der Waals surface area contributed by atoms with Crippen molar-refractivity contribution in [3.63, 3.8) is 0 Å². The second kappa shape index (κ2) is 36.3. The zero-order valence-electron chi connectivity index (χ0n) is 63.6. The summed E-state index contributed by atoms with van der Waals surface area (Å²) < 4.78 is 0. The van der Waals surface area contributed by atoms with Crippen molar-refractivity contribution in [2.45, 2.75) is 0 Å². The Morgan fingerprint density at radius 2 is 0.165 bits per heavy atom. The zero-order valence-corrected chi connectivity index (χ0v) is 68.0. The van der Waals surface area contributed by atoms with Gasteiger partial charge in [-0.2, -0.15) is 0 Å². The first-order valence-corrected chi connectivity index (χ1v) is 44.6. The first kappa shape index (κ1) is 77.4. The zero-order chi connectivity index (χ0) is 77.4. The van der Waals surface area contributed by atoms with Crippen molar-refractivity contribution >= 4 is 71.6 Å². The first-order valence-electron chi connectivity index (χ1n) is 38.8. The molecule has 1 radical (unpaired) electrons. The molecular weight excluding hydrogens is 1480 g/mol. The van der Waals surface area contributed by atoms with Crippen molar-refractivity contribution in [3.8, 4) is 100 Å². The Morgan fingerprint density at radius 3 is 0.243 bits per heavy atom. The normalized spacial score (nSPS) is 11.2. The third-order valence-corrected chi connectivity index (χ3v) is 32.2. The van der Waals surface area contributed by atoms with Crippen molar-refractivity contribution in [2.24, 2.45) is 0 Å². The van der Waals surface area contributed by atoms with E-state index in [4.69, 9.17) is 0 Å². The van der Waals surface area contributed by atoms with Crippen LogP contribution in [0, 0.1) is 0 Å². The summed E-state index contributed by atoms with van der Waals surface area (Å²) in [5, 5.41) is 8.73. The Kier molecular flexibility index (Phi) is 24.4. The van der Waals surface area contributed by atoms with Crippen molar-refractivity contribution < 1.29 is 32.9 Å². The number of hydrogen-bond acceptors (Lipinski definition) is 3. The van der Waals surface area contributed by atoms with Gasteiger partial charge in [-0.1, -0.05) is 491 Å². The van der Waals surface area contributed by atoms with Crippen LogP contribution in [0.3, 0.4) is 0 Å². The summed E-state index contributed by atoms with van der Waals surface area (Å²) in [7, 11) is -9.75. The van der Waals surface area contributed by atoms with Crippen molar-refractivity contribution in [1.82, 2.24) is 0 Å². The molecule has 0 saturated heterocycles. The van der Waals surface area contributed by atoms with E-state index >= 15 is 0 Å². The van der Waals surface area contributed by atoms with Gasteiger partial charge in [0.25, 0.3) is 25.0 Å². The van der Waals surface area contributed by atoms with Crippen LogP contribution in [-0.2, 0) is 18.6 Å². The molecule has 0 heterocycles. The average molecular weight is 1570 g/mol. The quantitative estimate of drug-likeness (QED) is 0.0593. The van der Waals surface area contributed by atoms with E-state index in [1.54, 1.807) is 0 Å². The Bertz CT molecular complexity index is 4840. The topological polar surface area (TPSA) is 60.7 Å². The van der Waals surface area contributed by atoms with Crippen molar-refractivity contribution in [2.75, 3.05) is 0 Å². The molecule has 0 aliphatic carbocycles. The predicted octanol–water partition coefficient (Wildman–Crippen LogP) is 19.9. The van der Waals surface area contributed by atoms with Crippen LogP contribution >= 0.6 is 0 Å². The van der Waals surface area contributed by atoms with Gasteiger partial charge in [-0.05, 0) is 147 Å². The van der Waals surface area contributed by atoms with Gasteiger partial charge in [-0.15, -0.1) is 0 Å². The molecule has 0 aromatic heterocycles. The van der Waals surface area contributed by atoms with Crippen LogP contribution in [0.5, 0.6) is 0 Å². The molecule has 3 N–H and O–H groups in total. The van der Waals surface area contributed by atoms with Crippen LogP contribution in [0.4, 0.5) is 0 Å². The van der Waals surface area contributed by atoms with Crippen molar-refractivity contribution in [3.05, 3.63) is 491 Å². The predicted molar refractivity (Wildman–Crippen MR) is 488 cm³/mol. The second-order valence-corrected chi connectivity index (χ2v) is 38.1. The Labute approximate surface area is 690 Å². The molecular formula is C108H84O3Si3V. The third kappa shape index (κ3) is 17.4. The van der Waals surface area contributed by atoms with Gasteiger partial charge in [0.2, 0.25) is 0 Å². The van der Waals surface area contributed by atoms with E-state index in [0.717, 1.165) is 96.8 Å².